The van der Waals surface area contributed by atoms with Gasteiger partial charge in [0, 0.05) is 18.3 Å². The molecule has 0 aliphatic rings. The lowest BCUT2D eigenvalue weighted by molar-refractivity contribution is 0.599. The minimum atomic E-state index is -0.209. The van der Waals surface area contributed by atoms with Crippen LogP contribution in [-0.4, -0.2) is 16.3 Å². The van der Waals surface area contributed by atoms with E-state index in [0.29, 0.717) is 0 Å². The molecule has 0 saturated carbocycles. The number of nitrogens with zero attached hydrogens (tertiary/aromatic N) is 2. The Morgan fingerprint density at radius 1 is 1.37 bits per heavy atom. The Hall–Kier alpha value is -1.68. The maximum atomic E-state index is 13.4. The van der Waals surface area contributed by atoms with E-state index in [1.807, 2.05) is 38.6 Å². The molecule has 1 atom stereocenters. The topological polar surface area (TPSA) is 29.9 Å². The van der Waals surface area contributed by atoms with E-state index in [1.165, 1.54) is 6.07 Å². The summed E-state index contributed by atoms with van der Waals surface area (Å²) in [5.74, 6) is -0.209. The van der Waals surface area contributed by atoms with Gasteiger partial charge in [-0.3, -0.25) is 4.68 Å². The number of hydrogen-bond donors (Lipinski definition) is 1. The van der Waals surface area contributed by atoms with Gasteiger partial charge in [-0.15, -0.1) is 0 Å². The van der Waals surface area contributed by atoms with E-state index in [-0.39, 0.29) is 11.9 Å². The van der Waals surface area contributed by atoms with Gasteiger partial charge in [0.05, 0.1) is 11.7 Å². The highest BCUT2D eigenvalue weighted by molar-refractivity contribution is 5.37. The fourth-order valence-electron chi connectivity index (χ4n) is 2.48. The Bertz CT molecular complexity index is 575. The van der Waals surface area contributed by atoms with Gasteiger partial charge < -0.3 is 5.32 Å². The molecule has 2 rings (SSSR count). The number of benzene rings is 1. The summed E-state index contributed by atoms with van der Waals surface area (Å²) in [5, 5.41) is 7.86. The summed E-state index contributed by atoms with van der Waals surface area (Å²) >= 11 is 0. The third-order valence-corrected chi connectivity index (χ3v) is 3.44. The fraction of sp³-hybridized carbons (Fsp3) is 0.400. The van der Waals surface area contributed by atoms with Gasteiger partial charge in [0.25, 0.3) is 0 Å². The van der Waals surface area contributed by atoms with Crippen LogP contribution in [0.4, 0.5) is 4.39 Å². The summed E-state index contributed by atoms with van der Waals surface area (Å²) in [6.07, 6.45) is 0. The highest BCUT2D eigenvalue weighted by Gasteiger charge is 2.21. The van der Waals surface area contributed by atoms with Crippen LogP contribution in [-0.2, 0) is 7.05 Å². The second-order valence-electron chi connectivity index (χ2n) is 4.75. The van der Waals surface area contributed by atoms with Crippen LogP contribution >= 0.6 is 0 Å². The summed E-state index contributed by atoms with van der Waals surface area (Å²) in [6.45, 7) is 6.90. The summed E-state index contributed by atoms with van der Waals surface area (Å²) in [5.41, 5.74) is 4.15. The number of aryl methyl sites for hydroxylation is 2. The van der Waals surface area contributed by atoms with E-state index >= 15 is 0 Å². The number of hydrogen-bond acceptors (Lipinski definition) is 2. The molecule has 1 aromatic carbocycles. The van der Waals surface area contributed by atoms with Crippen LogP contribution < -0.4 is 5.32 Å². The summed E-state index contributed by atoms with van der Waals surface area (Å²) in [6, 6.07) is 6.72. The zero-order chi connectivity index (χ0) is 14.0. The Morgan fingerprint density at radius 2 is 2.11 bits per heavy atom. The Labute approximate surface area is 113 Å². The van der Waals surface area contributed by atoms with Gasteiger partial charge >= 0.3 is 0 Å². The van der Waals surface area contributed by atoms with Crippen molar-refractivity contribution in [3.05, 3.63) is 52.6 Å². The monoisotopic (exact) mass is 261 g/mol. The maximum absolute atomic E-state index is 13.4. The summed E-state index contributed by atoms with van der Waals surface area (Å²) in [7, 11) is 1.93. The molecule has 4 heteroatoms. The quantitative estimate of drug-likeness (QED) is 0.917. The van der Waals surface area contributed by atoms with E-state index < -0.39 is 0 Å². The first-order valence-electron chi connectivity index (χ1n) is 6.53. The average molecular weight is 261 g/mol. The van der Waals surface area contributed by atoms with Crippen LogP contribution in [0, 0.1) is 19.7 Å². The van der Waals surface area contributed by atoms with E-state index in [4.69, 9.17) is 0 Å². The lowest BCUT2D eigenvalue weighted by atomic mass is 9.97. The normalized spacial score (nSPS) is 12.7. The van der Waals surface area contributed by atoms with E-state index in [9.17, 15) is 4.39 Å². The van der Waals surface area contributed by atoms with Gasteiger partial charge in [-0.25, -0.2) is 4.39 Å². The molecular formula is C15H20FN3. The van der Waals surface area contributed by atoms with E-state index in [2.05, 4.69) is 10.4 Å². The lowest BCUT2D eigenvalue weighted by Crippen LogP contribution is -2.23. The average Bonchev–Trinajstić information content (AvgIpc) is 2.61. The fourth-order valence-corrected chi connectivity index (χ4v) is 2.48. The van der Waals surface area contributed by atoms with Crippen molar-refractivity contribution in [2.75, 3.05) is 6.54 Å². The molecule has 0 aliphatic heterocycles. The predicted molar refractivity (Wildman–Crippen MR) is 74.6 cm³/mol. The van der Waals surface area contributed by atoms with Crippen molar-refractivity contribution in [1.29, 1.82) is 0 Å². The van der Waals surface area contributed by atoms with Crippen molar-refractivity contribution in [2.24, 2.45) is 7.05 Å². The Balaban J connectivity index is 2.51. The first kappa shape index (κ1) is 13.7. The van der Waals surface area contributed by atoms with Crippen LogP contribution in [0.1, 0.15) is 35.5 Å². The van der Waals surface area contributed by atoms with Gasteiger partial charge in [0.2, 0.25) is 0 Å². The maximum Gasteiger partial charge on any atom is 0.123 e. The largest absolute Gasteiger partial charge is 0.306 e. The number of nitrogens with one attached hydrogen (secondary N) is 1. The molecule has 0 aliphatic carbocycles. The molecular weight excluding hydrogens is 241 g/mol. The van der Waals surface area contributed by atoms with Crippen molar-refractivity contribution in [3.8, 4) is 0 Å². The van der Waals surface area contributed by atoms with Crippen LogP contribution in [0.3, 0.4) is 0 Å². The van der Waals surface area contributed by atoms with Crippen molar-refractivity contribution >= 4 is 0 Å². The van der Waals surface area contributed by atoms with E-state index in [0.717, 1.165) is 29.1 Å². The van der Waals surface area contributed by atoms with Crippen LogP contribution in [0.2, 0.25) is 0 Å². The molecule has 2 aromatic rings. The molecule has 0 spiro atoms. The predicted octanol–water partition coefficient (Wildman–Crippen LogP) is 2.87. The number of halogens is 1. The molecule has 1 unspecified atom stereocenters. The van der Waals surface area contributed by atoms with Gasteiger partial charge in [-0.2, -0.15) is 5.10 Å². The highest BCUT2D eigenvalue weighted by Crippen LogP contribution is 2.27. The molecule has 0 radical (unpaired) electrons. The minimum absolute atomic E-state index is 0.0191. The molecule has 1 heterocycles. The smallest absolute Gasteiger partial charge is 0.123 e. The van der Waals surface area contributed by atoms with Gasteiger partial charge in [-0.1, -0.05) is 19.1 Å². The summed E-state index contributed by atoms with van der Waals surface area (Å²) in [4.78, 5) is 0. The van der Waals surface area contributed by atoms with Crippen LogP contribution in [0.25, 0.3) is 0 Å². The molecule has 0 fully saturated rings. The lowest BCUT2D eigenvalue weighted by Gasteiger charge is -2.19. The third kappa shape index (κ3) is 2.68. The molecule has 0 amide bonds. The van der Waals surface area contributed by atoms with Crippen molar-refractivity contribution in [3.63, 3.8) is 0 Å². The Morgan fingerprint density at radius 3 is 2.63 bits per heavy atom. The SMILES string of the molecule is CCNC(c1cccc(F)c1)c1c(C)nn(C)c1C. The van der Waals surface area contributed by atoms with Gasteiger partial charge in [0.1, 0.15) is 5.82 Å². The Kier molecular flexibility index (Phi) is 4.00. The standard InChI is InChI=1S/C15H20FN3/c1-5-17-15(12-7-6-8-13(16)9-12)14-10(2)18-19(4)11(14)3/h6-9,15,17H,5H2,1-4H3. The molecule has 1 aromatic heterocycles. The van der Waals surface area contributed by atoms with Crippen molar-refractivity contribution in [2.45, 2.75) is 26.8 Å². The molecule has 1 N–H and O–H groups in total. The molecule has 0 saturated heterocycles. The second-order valence-corrected chi connectivity index (χ2v) is 4.75. The molecule has 0 bridgehead atoms. The number of aromatic nitrogens is 2. The zero-order valence-electron chi connectivity index (χ0n) is 11.9. The van der Waals surface area contributed by atoms with Crippen LogP contribution in [0.5, 0.6) is 0 Å². The van der Waals surface area contributed by atoms with E-state index in [1.54, 1.807) is 12.1 Å². The van der Waals surface area contributed by atoms with Gasteiger partial charge in [0.15, 0.2) is 0 Å². The van der Waals surface area contributed by atoms with Crippen LogP contribution in [0.15, 0.2) is 24.3 Å². The second kappa shape index (κ2) is 5.53. The van der Waals surface area contributed by atoms with Crippen molar-refractivity contribution in [1.82, 2.24) is 15.1 Å². The summed E-state index contributed by atoms with van der Waals surface area (Å²) < 4.78 is 15.3. The third-order valence-electron chi connectivity index (χ3n) is 3.44. The van der Waals surface area contributed by atoms with Gasteiger partial charge in [-0.05, 0) is 38.1 Å². The highest BCUT2D eigenvalue weighted by atomic mass is 19.1. The minimum Gasteiger partial charge on any atom is -0.306 e. The van der Waals surface area contributed by atoms with Crippen molar-refractivity contribution < 1.29 is 4.39 Å². The molecule has 19 heavy (non-hydrogen) atoms. The molecule has 102 valence electrons. The zero-order valence-corrected chi connectivity index (χ0v) is 11.9. The molecule has 3 nitrogen and oxygen atoms in total. The first-order chi connectivity index (χ1) is 9.04. The first-order valence-corrected chi connectivity index (χ1v) is 6.53. The number of rotatable bonds is 4.